The summed E-state index contributed by atoms with van der Waals surface area (Å²) in [4.78, 5) is 25.6. The van der Waals surface area contributed by atoms with Crippen molar-refractivity contribution in [1.29, 1.82) is 0 Å². The lowest BCUT2D eigenvalue weighted by atomic mass is 10.0. The second kappa shape index (κ2) is 7.48. The van der Waals surface area contributed by atoms with Crippen molar-refractivity contribution in [2.75, 3.05) is 10.3 Å². The van der Waals surface area contributed by atoms with E-state index < -0.39 is 5.92 Å². The van der Waals surface area contributed by atoms with Crippen LogP contribution in [0, 0.1) is 5.92 Å². The second-order valence-electron chi connectivity index (χ2n) is 6.60. The van der Waals surface area contributed by atoms with E-state index in [1.807, 2.05) is 72.8 Å². The van der Waals surface area contributed by atoms with Crippen LogP contribution in [0.15, 0.2) is 90.0 Å². The molecule has 0 bridgehead atoms. The molecule has 3 aromatic rings. The van der Waals surface area contributed by atoms with E-state index in [1.54, 1.807) is 19.1 Å². The Morgan fingerprint density at radius 3 is 2.25 bits per heavy atom. The lowest BCUT2D eigenvalue weighted by Gasteiger charge is -2.14. The molecule has 0 saturated heterocycles. The zero-order chi connectivity index (χ0) is 19.5. The third-order valence-corrected chi connectivity index (χ3v) is 4.63. The van der Waals surface area contributed by atoms with Crippen LogP contribution in [0.4, 0.5) is 11.4 Å². The molecule has 5 nitrogen and oxygen atoms in total. The summed E-state index contributed by atoms with van der Waals surface area (Å²) in [5.74, 6) is -1.66. The first kappa shape index (κ1) is 17.7. The monoisotopic (exact) mass is 369 g/mol. The molecule has 1 atom stereocenters. The molecule has 1 aliphatic rings. The molecule has 0 aromatic heterocycles. The van der Waals surface area contributed by atoms with Gasteiger partial charge in [-0.25, -0.2) is 0 Å². The van der Waals surface area contributed by atoms with Crippen molar-refractivity contribution in [3.05, 3.63) is 84.9 Å². The van der Waals surface area contributed by atoms with Gasteiger partial charge in [0.25, 0.3) is 5.91 Å². The Bertz CT molecular complexity index is 1050. The fraction of sp³-hybridized carbons (Fsp3) is 0.0870. The Morgan fingerprint density at radius 2 is 1.54 bits per heavy atom. The van der Waals surface area contributed by atoms with E-state index in [-0.39, 0.29) is 11.8 Å². The van der Waals surface area contributed by atoms with E-state index in [9.17, 15) is 9.59 Å². The van der Waals surface area contributed by atoms with Crippen LogP contribution in [-0.2, 0) is 9.59 Å². The smallest absolute Gasteiger partial charge is 0.265 e. The van der Waals surface area contributed by atoms with E-state index in [4.69, 9.17) is 0 Å². The molecule has 0 fully saturated rings. The van der Waals surface area contributed by atoms with Gasteiger partial charge in [-0.3, -0.25) is 9.59 Å². The minimum absolute atomic E-state index is 0.347. The number of hydrogen-bond acceptors (Lipinski definition) is 3. The summed E-state index contributed by atoms with van der Waals surface area (Å²) in [6, 6.07) is 26.6. The van der Waals surface area contributed by atoms with Gasteiger partial charge in [0, 0.05) is 5.69 Å². The van der Waals surface area contributed by atoms with Crippen molar-refractivity contribution in [3.63, 3.8) is 0 Å². The molecule has 1 unspecified atom stereocenters. The molecular weight excluding hydrogens is 350 g/mol. The predicted octanol–water partition coefficient (Wildman–Crippen LogP) is 4.33. The van der Waals surface area contributed by atoms with Gasteiger partial charge in [0.1, 0.15) is 0 Å². The van der Waals surface area contributed by atoms with Gasteiger partial charge in [-0.1, -0.05) is 60.7 Å². The highest BCUT2D eigenvalue weighted by Gasteiger charge is 2.39. The number of nitrogens with one attached hydrogen (secondary N) is 1. The van der Waals surface area contributed by atoms with E-state index in [2.05, 4.69) is 10.4 Å². The van der Waals surface area contributed by atoms with Gasteiger partial charge in [-0.05, 0) is 42.3 Å². The summed E-state index contributed by atoms with van der Waals surface area (Å²) in [6.07, 6.45) is 0. The number of benzene rings is 3. The molecule has 1 N–H and O–H groups in total. The highest BCUT2D eigenvalue weighted by atomic mass is 16.2. The Kier molecular flexibility index (Phi) is 4.72. The van der Waals surface area contributed by atoms with Gasteiger partial charge in [-0.15, -0.1) is 0 Å². The zero-order valence-corrected chi connectivity index (χ0v) is 15.4. The van der Waals surface area contributed by atoms with Crippen LogP contribution in [0.1, 0.15) is 6.92 Å². The molecule has 4 rings (SSSR count). The molecule has 5 heteroatoms. The molecule has 138 valence electrons. The van der Waals surface area contributed by atoms with Gasteiger partial charge in [0.05, 0.1) is 11.4 Å². The largest absolute Gasteiger partial charge is 0.325 e. The number of amides is 2. The van der Waals surface area contributed by atoms with E-state index in [0.29, 0.717) is 17.1 Å². The minimum Gasteiger partial charge on any atom is -0.325 e. The maximum absolute atomic E-state index is 12.8. The average Bonchev–Trinajstić information content (AvgIpc) is 3.03. The average molecular weight is 369 g/mol. The van der Waals surface area contributed by atoms with Crippen LogP contribution >= 0.6 is 0 Å². The minimum atomic E-state index is -0.930. The van der Waals surface area contributed by atoms with Crippen molar-refractivity contribution < 1.29 is 9.59 Å². The molecule has 0 spiro atoms. The van der Waals surface area contributed by atoms with Gasteiger partial charge >= 0.3 is 0 Å². The van der Waals surface area contributed by atoms with Crippen LogP contribution in [-0.4, -0.2) is 17.5 Å². The Morgan fingerprint density at radius 1 is 0.893 bits per heavy atom. The summed E-state index contributed by atoms with van der Waals surface area (Å²) in [6.45, 7) is 1.70. The summed E-state index contributed by atoms with van der Waals surface area (Å²) < 4.78 is 0. The second-order valence-corrected chi connectivity index (χ2v) is 6.60. The fourth-order valence-corrected chi connectivity index (χ4v) is 3.24. The Hall–Kier alpha value is -3.73. The maximum atomic E-state index is 12.8. The number of carbonyl (C=O) groups excluding carboxylic acids is 2. The van der Waals surface area contributed by atoms with E-state index in [1.165, 1.54) is 5.01 Å². The van der Waals surface area contributed by atoms with Crippen molar-refractivity contribution in [3.8, 4) is 11.1 Å². The predicted molar refractivity (Wildman–Crippen MR) is 111 cm³/mol. The quantitative estimate of drug-likeness (QED) is 0.696. The number of nitrogens with zero attached hydrogens (tertiary/aromatic N) is 2. The topological polar surface area (TPSA) is 61.8 Å². The highest BCUT2D eigenvalue weighted by molar-refractivity contribution is 6.28. The van der Waals surface area contributed by atoms with Crippen LogP contribution < -0.4 is 10.3 Å². The summed E-state index contributed by atoms with van der Waals surface area (Å²) in [5.41, 5.74) is 3.82. The van der Waals surface area contributed by atoms with Crippen molar-refractivity contribution in [2.24, 2.45) is 11.0 Å². The lowest BCUT2D eigenvalue weighted by Crippen LogP contribution is -2.36. The molecule has 2 amide bonds. The van der Waals surface area contributed by atoms with Crippen molar-refractivity contribution in [2.45, 2.75) is 6.92 Å². The summed E-state index contributed by atoms with van der Waals surface area (Å²) in [7, 11) is 0. The van der Waals surface area contributed by atoms with Gasteiger partial charge in [0.2, 0.25) is 5.91 Å². The van der Waals surface area contributed by atoms with Crippen LogP contribution in [0.3, 0.4) is 0 Å². The summed E-state index contributed by atoms with van der Waals surface area (Å²) in [5, 5.41) is 8.44. The molecule has 1 heterocycles. The number of carbonyl (C=O) groups is 2. The number of hydrogen-bond donors (Lipinski definition) is 1. The number of rotatable bonds is 4. The van der Waals surface area contributed by atoms with Crippen LogP contribution in [0.2, 0.25) is 0 Å². The lowest BCUT2D eigenvalue weighted by molar-refractivity contribution is -0.127. The third-order valence-electron chi connectivity index (χ3n) is 4.63. The highest BCUT2D eigenvalue weighted by Crippen LogP contribution is 2.26. The third kappa shape index (κ3) is 3.42. The molecular formula is C23H19N3O2. The zero-order valence-electron chi connectivity index (χ0n) is 15.4. The number of anilines is 2. The van der Waals surface area contributed by atoms with Gasteiger partial charge < -0.3 is 5.32 Å². The molecule has 0 radical (unpaired) electrons. The van der Waals surface area contributed by atoms with E-state index >= 15 is 0 Å². The first-order chi connectivity index (χ1) is 13.6. The standard InChI is InChI=1S/C23H19N3O2/c1-16-21(23(28)26(25-16)20-13-6-3-7-14-20)22(27)24-19-12-8-11-18(15-19)17-9-4-2-5-10-17/h2-15,21H,1H3,(H,24,27). The van der Waals surface area contributed by atoms with Crippen LogP contribution in [0.25, 0.3) is 11.1 Å². The molecule has 0 saturated carbocycles. The van der Waals surface area contributed by atoms with Crippen LogP contribution in [0.5, 0.6) is 0 Å². The van der Waals surface area contributed by atoms with Crippen molar-refractivity contribution in [1.82, 2.24) is 0 Å². The Labute approximate surface area is 163 Å². The molecule has 3 aromatic carbocycles. The fourth-order valence-electron chi connectivity index (χ4n) is 3.24. The molecule has 28 heavy (non-hydrogen) atoms. The van der Waals surface area contributed by atoms with Gasteiger partial charge in [-0.2, -0.15) is 10.1 Å². The summed E-state index contributed by atoms with van der Waals surface area (Å²) >= 11 is 0. The number of hydrazone groups is 1. The maximum Gasteiger partial charge on any atom is 0.265 e. The first-order valence-electron chi connectivity index (χ1n) is 9.04. The SMILES string of the molecule is CC1=NN(c2ccccc2)C(=O)C1C(=O)Nc1cccc(-c2ccccc2)c1. The van der Waals surface area contributed by atoms with E-state index in [0.717, 1.165) is 11.1 Å². The van der Waals surface area contributed by atoms with Crippen molar-refractivity contribution >= 4 is 28.9 Å². The normalized spacial score (nSPS) is 16.0. The van der Waals surface area contributed by atoms with Gasteiger partial charge in [0.15, 0.2) is 5.92 Å². The molecule has 0 aliphatic carbocycles. The molecule has 1 aliphatic heterocycles. The first-order valence-corrected chi connectivity index (χ1v) is 9.04. The Balaban J connectivity index is 1.53. The number of para-hydroxylation sites is 1.